The predicted molar refractivity (Wildman–Crippen MR) is 73.0 cm³/mol. The SMILES string of the molecule is CCCN(CC1CC1)C(=O)c1ccc(F)cc1Br. The molecule has 0 spiro atoms. The van der Waals surface area contributed by atoms with Crippen LogP contribution < -0.4 is 0 Å². The summed E-state index contributed by atoms with van der Waals surface area (Å²) in [5, 5.41) is 0. The molecule has 0 aromatic heterocycles. The molecule has 0 saturated heterocycles. The van der Waals surface area contributed by atoms with E-state index in [9.17, 15) is 9.18 Å². The predicted octanol–water partition coefficient (Wildman–Crippen LogP) is 3.85. The van der Waals surface area contributed by atoms with Crippen molar-refractivity contribution in [2.45, 2.75) is 26.2 Å². The first-order chi connectivity index (χ1) is 8.61. The fourth-order valence-electron chi connectivity index (χ4n) is 1.99. The first kappa shape index (κ1) is 13.5. The Balaban J connectivity index is 2.15. The van der Waals surface area contributed by atoms with E-state index < -0.39 is 0 Å². The molecule has 4 heteroatoms. The van der Waals surface area contributed by atoms with Crippen molar-refractivity contribution in [3.63, 3.8) is 0 Å². The van der Waals surface area contributed by atoms with Gasteiger partial charge in [0.15, 0.2) is 0 Å². The average molecular weight is 314 g/mol. The Hall–Kier alpha value is -0.900. The number of rotatable bonds is 5. The number of hydrogen-bond donors (Lipinski definition) is 0. The van der Waals surface area contributed by atoms with Crippen LogP contribution in [0, 0.1) is 11.7 Å². The van der Waals surface area contributed by atoms with E-state index in [0.29, 0.717) is 16.0 Å². The summed E-state index contributed by atoms with van der Waals surface area (Å²) in [7, 11) is 0. The highest BCUT2D eigenvalue weighted by atomic mass is 79.9. The van der Waals surface area contributed by atoms with Gasteiger partial charge in [0.25, 0.3) is 5.91 Å². The van der Waals surface area contributed by atoms with Crippen LogP contribution in [0.25, 0.3) is 0 Å². The molecule has 18 heavy (non-hydrogen) atoms. The van der Waals surface area contributed by atoms with E-state index in [-0.39, 0.29) is 11.7 Å². The molecule has 0 heterocycles. The van der Waals surface area contributed by atoms with Crippen molar-refractivity contribution >= 4 is 21.8 Å². The van der Waals surface area contributed by atoms with Crippen LogP contribution in [0.1, 0.15) is 36.5 Å². The lowest BCUT2D eigenvalue weighted by atomic mass is 10.2. The van der Waals surface area contributed by atoms with Crippen LogP contribution in [-0.2, 0) is 0 Å². The van der Waals surface area contributed by atoms with Crippen molar-refractivity contribution in [3.8, 4) is 0 Å². The summed E-state index contributed by atoms with van der Waals surface area (Å²) in [6.45, 7) is 3.66. The molecule has 0 atom stereocenters. The topological polar surface area (TPSA) is 20.3 Å². The van der Waals surface area contributed by atoms with Crippen LogP contribution in [-0.4, -0.2) is 23.9 Å². The molecule has 1 amide bonds. The summed E-state index contributed by atoms with van der Waals surface area (Å²) in [5.74, 6) is 0.331. The van der Waals surface area contributed by atoms with Gasteiger partial charge in [-0.05, 0) is 59.3 Å². The van der Waals surface area contributed by atoms with E-state index in [1.165, 1.54) is 25.0 Å². The molecule has 0 aliphatic heterocycles. The molecular weight excluding hydrogens is 297 g/mol. The standard InChI is InChI=1S/C14H17BrFNO/c1-2-7-17(9-10-3-4-10)14(18)12-6-5-11(16)8-13(12)15/h5-6,8,10H,2-4,7,9H2,1H3. The van der Waals surface area contributed by atoms with Crippen molar-refractivity contribution < 1.29 is 9.18 Å². The van der Waals surface area contributed by atoms with Crippen molar-refractivity contribution in [1.82, 2.24) is 4.90 Å². The van der Waals surface area contributed by atoms with Gasteiger partial charge in [0.2, 0.25) is 0 Å². The maximum Gasteiger partial charge on any atom is 0.255 e. The van der Waals surface area contributed by atoms with Crippen LogP contribution in [0.3, 0.4) is 0 Å². The summed E-state index contributed by atoms with van der Waals surface area (Å²) in [4.78, 5) is 14.3. The van der Waals surface area contributed by atoms with Crippen LogP contribution in [0.4, 0.5) is 4.39 Å². The zero-order valence-electron chi connectivity index (χ0n) is 10.5. The number of carbonyl (C=O) groups is 1. The number of benzene rings is 1. The zero-order chi connectivity index (χ0) is 13.1. The Labute approximate surface area is 115 Å². The molecule has 1 aromatic carbocycles. The van der Waals surface area contributed by atoms with Gasteiger partial charge in [-0.15, -0.1) is 0 Å². The number of amides is 1. The molecular formula is C14H17BrFNO. The summed E-state index contributed by atoms with van der Waals surface area (Å²) in [5.41, 5.74) is 0.547. The van der Waals surface area contributed by atoms with E-state index in [4.69, 9.17) is 0 Å². The normalized spacial score (nSPS) is 14.6. The van der Waals surface area contributed by atoms with E-state index in [1.807, 2.05) is 4.90 Å². The van der Waals surface area contributed by atoms with Gasteiger partial charge in [-0.2, -0.15) is 0 Å². The Bertz CT molecular complexity index is 445. The summed E-state index contributed by atoms with van der Waals surface area (Å²) >= 11 is 3.26. The van der Waals surface area contributed by atoms with Gasteiger partial charge in [0, 0.05) is 17.6 Å². The van der Waals surface area contributed by atoms with Gasteiger partial charge in [-0.25, -0.2) is 4.39 Å². The van der Waals surface area contributed by atoms with Gasteiger partial charge in [0.05, 0.1) is 5.56 Å². The molecule has 1 aliphatic rings. The Morgan fingerprint density at radius 3 is 2.78 bits per heavy atom. The molecule has 2 rings (SSSR count). The van der Waals surface area contributed by atoms with Crippen molar-refractivity contribution in [1.29, 1.82) is 0 Å². The van der Waals surface area contributed by atoms with E-state index in [0.717, 1.165) is 19.5 Å². The molecule has 1 aromatic rings. The molecule has 98 valence electrons. The first-order valence-corrected chi connectivity index (χ1v) is 7.15. The van der Waals surface area contributed by atoms with Gasteiger partial charge < -0.3 is 4.90 Å². The minimum Gasteiger partial charge on any atom is -0.338 e. The second-order valence-corrected chi connectivity index (χ2v) is 5.67. The fourth-order valence-corrected chi connectivity index (χ4v) is 2.51. The quantitative estimate of drug-likeness (QED) is 0.808. The second kappa shape index (κ2) is 5.83. The minimum absolute atomic E-state index is 0.00405. The molecule has 0 bridgehead atoms. The number of carbonyl (C=O) groups excluding carboxylic acids is 1. The molecule has 1 saturated carbocycles. The molecule has 1 aliphatic carbocycles. The van der Waals surface area contributed by atoms with Gasteiger partial charge in [-0.1, -0.05) is 6.92 Å². The number of halogens is 2. The lowest BCUT2D eigenvalue weighted by Crippen LogP contribution is -2.33. The monoisotopic (exact) mass is 313 g/mol. The molecule has 0 unspecified atom stereocenters. The van der Waals surface area contributed by atoms with E-state index >= 15 is 0 Å². The zero-order valence-corrected chi connectivity index (χ0v) is 12.0. The third kappa shape index (κ3) is 3.31. The number of hydrogen-bond acceptors (Lipinski definition) is 1. The molecule has 2 nitrogen and oxygen atoms in total. The maximum absolute atomic E-state index is 13.0. The largest absolute Gasteiger partial charge is 0.338 e. The first-order valence-electron chi connectivity index (χ1n) is 6.36. The Kier molecular flexibility index (Phi) is 4.38. The third-order valence-electron chi connectivity index (χ3n) is 3.12. The van der Waals surface area contributed by atoms with Crippen LogP contribution >= 0.6 is 15.9 Å². The molecule has 0 radical (unpaired) electrons. The Morgan fingerprint density at radius 1 is 1.50 bits per heavy atom. The smallest absolute Gasteiger partial charge is 0.255 e. The maximum atomic E-state index is 13.0. The summed E-state index contributed by atoms with van der Waals surface area (Å²) < 4.78 is 13.6. The van der Waals surface area contributed by atoms with Crippen molar-refractivity contribution in [2.24, 2.45) is 5.92 Å². The van der Waals surface area contributed by atoms with Gasteiger partial charge in [0.1, 0.15) is 5.82 Å². The highest BCUT2D eigenvalue weighted by Gasteiger charge is 2.27. The fraction of sp³-hybridized carbons (Fsp3) is 0.500. The van der Waals surface area contributed by atoms with Crippen molar-refractivity contribution in [3.05, 3.63) is 34.1 Å². The van der Waals surface area contributed by atoms with Gasteiger partial charge in [-0.3, -0.25) is 4.79 Å². The third-order valence-corrected chi connectivity index (χ3v) is 3.77. The van der Waals surface area contributed by atoms with E-state index in [1.54, 1.807) is 6.07 Å². The van der Waals surface area contributed by atoms with Crippen LogP contribution in [0.5, 0.6) is 0 Å². The van der Waals surface area contributed by atoms with Crippen molar-refractivity contribution in [2.75, 3.05) is 13.1 Å². The average Bonchev–Trinajstić information content (AvgIpc) is 3.11. The van der Waals surface area contributed by atoms with Crippen LogP contribution in [0.15, 0.2) is 22.7 Å². The molecule has 1 fully saturated rings. The highest BCUT2D eigenvalue weighted by molar-refractivity contribution is 9.10. The molecule has 0 N–H and O–H groups in total. The lowest BCUT2D eigenvalue weighted by Gasteiger charge is -2.22. The lowest BCUT2D eigenvalue weighted by molar-refractivity contribution is 0.0747. The van der Waals surface area contributed by atoms with Gasteiger partial charge >= 0.3 is 0 Å². The number of nitrogens with zero attached hydrogens (tertiary/aromatic N) is 1. The van der Waals surface area contributed by atoms with E-state index in [2.05, 4.69) is 22.9 Å². The Morgan fingerprint density at radius 2 is 2.22 bits per heavy atom. The summed E-state index contributed by atoms with van der Waals surface area (Å²) in [6, 6.07) is 4.23. The summed E-state index contributed by atoms with van der Waals surface area (Å²) in [6.07, 6.45) is 3.38. The minimum atomic E-state index is -0.331. The second-order valence-electron chi connectivity index (χ2n) is 4.82. The highest BCUT2D eigenvalue weighted by Crippen LogP contribution is 2.30. The van der Waals surface area contributed by atoms with Crippen LogP contribution in [0.2, 0.25) is 0 Å².